The van der Waals surface area contributed by atoms with E-state index < -0.39 is 23.7 Å². The fourth-order valence-corrected chi connectivity index (χ4v) is 5.55. The molecule has 4 atom stereocenters. The summed E-state index contributed by atoms with van der Waals surface area (Å²) in [6, 6.07) is 16.3. The highest BCUT2D eigenvalue weighted by atomic mass is 16.7. The number of hydroxylamine groups is 1. The Morgan fingerprint density at radius 2 is 1.72 bits per heavy atom. The van der Waals surface area contributed by atoms with Gasteiger partial charge in [-0.15, -0.1) is 0 Å². The first-order chi connectivity index (χ1) is 17.5. The number of rotatable bonds is 8. The van der Waals surface area contributed by atoms with Crippen LogP contribution in [0.3, 0.4) is 0 Å². The first kappa shape index (κ1) is 24.4. The van der Waals surface area contributed by atoms with Crippen molar-refractivity contribution in [2.45, 2.75) is 70.6 Å². The third kappa shape index (κ3) is 4.05. The molecule has 2 saturated heterocycles. The Balaban J connectivity index is 1.51. The molecule has 0 radical (unpaired) electrons. The number of para-hydroxylation sites is 1. The van der Waals surface area contributed by atoms with Crippen LogP contribution in [-0.2, 0) is 19.2 Å². The number of carbonyl (C=O) groups is 2. The van der Waals surface area contributed by atoms with Crippen molar-refractivity contribution in [3.8, 4) is 5.75 Å². The fraction of sp³-hybridized carbons (Fsp3) is 0.448. The number of hydrogen-bond acceptors (Lipinski definition) is 6. The van der Waals surface area contributed by atoms with E-state index >= 15 is 0 Å². The predicted molar refractivity (Wildman–Crippen MR) is 138 cm³/mol. The highest BCUT2D eigenvalue weighted by Crippen LogP contribution is 2.49. The molecule has 0 spiro atoms. The zero-order chi connectivity index (χ0) is 25.3. The molecule has 3 aliphatic heterocycles. The van der Waals surface area contributed by atoms with Gasteiger partial charge in [-0.05, 0) is 74.1 Å². The average molecular weight is 491 g/mol. The van der Waals surface area contributed by atoms with Crippen molar-refractivity contribution < 1.29 is 23.9 Å². The van der Waals surface area contributed by atoms with Crippen LogP contribution in [0, 0.1) is 5.92 Å². The van der Waals surface area contributed by atoms with Gasteiger partial charge in [-0.25, -0.2) is 9.96 Å². The van der Waals surface area contributed by atoms with Crippen LogP contribution in [0.2, 0.25) is 0 Å². The molecular weight excluding hydrogens is 456 g/mol. The van der Waals surface area contributed by atoms with Crippen LogP contribution in [0.15, 0.2) is 66.4 Å². The minimum absolute atomic E-state index is 0.252. The van der Waals surface area contributed by atoms with E-state index in [2.05, 4.69) is 13.8 Å². The van der Waals surface area contributed by atoms with Gasteiger partial charge in [0.15, 0.2) is 6.10 Å². The second kappa shape index (κ2) is 9.97. The van der Waals surface area contributed by atoms with Crippen LogP contribution in [0.25, 0.3) is 0 Å². The van der Waals surface area contributed by atoms with Crippen molar-refractivity contribution in [1.82, 2.24) is 0 Å². The monoisotopic (exact) mass is 490 g/mol. The molecule has 2 fully saturated rings. The van der Waals surface area contributed by atoms with E-state index in [0.717, 1.165) is 31.4 Å². The normalized spacial score (nSPS) is 27.6. The summed E-state index contributed by atoms with van der Waals surface area (Å²) in [5.41, 5.74) is 1.93. The van der Waals surface area contributed by atoms with E-state index in [1.165, 1.54) is 10.5 Å². The fourth-order valence-electron chi connectivity index (χ4n) is 5.55. The van der Waals surface area contributed by atoms with Crippen molar-refractivity contribution in [3.05, 3.63) is 66.4 Å². The van der Waals surface area contributed by atoms with Gasteiger partial charge in [0.2, 0.25) is 5.91 Å². The minimum atomic E-state index is -0.901. The van der Waals surface area contributed by atoms with Gasteiger partial charge in [-0.1, -0.05) is 39.0 Å². The maximum Gasteiger partial charge on any atom is 0.266 e. The number of ether oxygens (including phenoxy) is 2. The van der Waals surface area contributed by atoms with Crippen molar-refractivity contribution in [3.63, 3.8) is 0 Å². The number of anilines is 2. The predicted octanol–water partition coefficient (Wildman–Crippen LogP) is 5.41. The van der Waals surface area contributed by atoms with E-state index in [9.17, 15) is 9.59 Å². The molecule has 7 heteroatoms. The number of fused-ring (bicyclic) bond motifs is 1. The molecule has 0 saturated carbocycles. The quantitative estimate of drug-likeness (QED) is 0.461. The summed E-state index contributed by atoms with van der Waals surface area (Å²) in [7, 11) is 0. The number of nitrogens with zero attached hydrogens (tertiary/aromatic N) is 2. The van der Waals surface area contributed by atoms with Crippen LogP contribution in [-0.4, -0.2) is 36.2 Å². The second-order valence-electron chi connectivity index (χ2n) is 9.68. The zero-order valence-corrected chi connectivity index (χ0v) is 21.2. The molecule has 2 aromatic carbocycles. The minimum Gasteiger partial charge on any atom is -0.494 e. The number of allylic oxidation sites excluding steroid dienone is 1. The van der Waals surface area contributed by atoms with Gasteiger partial charge in [0, 0.05) is 0 Å². The molecule has 5 rings (SSSR count). The molecule has 36 heavy (non-hydrogen) atoms. The standard InChI is InChI=1S/C29H34N2O5/c1-4-18-34-23-14-12-21(13-15-23)30-27(32)24-25(28(30)33)36-31(22-10-8-7-9-11-22)26(24)29(6-3)17-16-20(5-2)19-35-29/h7-15,19,24-26H,4-6,16-18H2,1-3H3. The lowest BCUT2D eigenvalue weighted by Gasteiger charge is -2.45. The van der Waals surface area contributed by atoms with Crippen LogP contribution in [0.4, 0.5) is 11.4 Å². The summed E-state index contributed by atoms with van der Waals surface area (Å²) < 4.78 is 12.1. The van der Waals surface area contributed by atoms with Gasteiger partial charge in [-0.3, -0.25) is 14.4 Å². The van der Waals surface area contributed by atoms with Crippen molar-refractivity contribution in [1.29, 1.82) is 0 Å². The SMILES string of the molecule is CCCOc1ccc(N2C(=O)C3ON(c4ccccc4)C(C4(CC)CCC(CC)=CO4)C3C2=O)cc1. The summed E-state index contributed by atoms with van der Waals surface area (Å²) >= 11 is 0. The van der Waals surface area contributed by atoms with Crippen molar-refractivity contribution >= 4 is 23.2 Å². The highest BCUT2D eigenvalue weighted by molar-refractivity contribution is 6.24. The van der Waals surface area contributed by atoms with E-state index in [0.29, 0.717) is 24.5 Å². The van der Waals surface area contributed by atoms with Gasteiger partial charge >= 0.3 is 0 Å². The Hall–Kier alpha value is -3.32. The van der Waals surface area contributed by atoms with Crippen LogP contribution >= 0.6 is 0 Å². The summed E-state index contributed by atoms with van der Waals surface area (Å²) in [4.78, 5) is 35.2. The van der Waals surface area contributed by atoms with E-state index in [1.54, 1.807) is 29.3 Å². The maximum absolute atomic E-state index is 14.0. The first-order valence-corrected chi connectivity index (χ1v) is 13.0. The lowest BCUT2D eigenvalue weighted by Crippen LogP contribution is -2.56. The second-order valence-corrected chi connectivity index (χ2v) is 9.68. The zero-order valence-electron chi connectivity index (χ0n) is 21.2. The smallest absolute Gasteiger partial charge is 0.266 e. The molecule has 3 aliphatic rings. The topological polar surface area (TPSA) is 68.3 Å². The highest BCUT2D eigenvalue weighted by Gasteiger charge is 2.65. The largest absolute Gasteiger partial charge is 0.494 e. The molecule has 2 amide bonds. The lowest BCUT2D eigenvalue weighted by molar-refractivity contribution is -0.127. The number of amides is 2. The molecule has 7 nitrogen and oxygen atoms in total. The molecule has 0 bridgehead atoms. The molecule has 0 N–H and O–H groups in total. The van der Waals surface area contributed by atoms with Crippen molar-refractivity contribution in [2.24, 2.45) is 5.92 Å². The molecule has 2 aromatic rings. The Morgan fingerprint density at radius 3 is 2.33 bits per heavy atom. The lowest BCUT2D eigenvalue weighted by atomic mass is 9.76. The van der Waals surface area contributed by atoms with Gasteiger partial charge in [-0.2, -0.15) is 0 Å². The summed E-state index contributed by atoms with van der Waals surface area (Å²) in [5, 5.41) is 1.76. The Labute approximate surface area is 212 Å². The Morgan fingerprint density at radius 1 is 0.972 bits per heavy atom. The van der Waals surface area contributed by atoms with Gasteiger partial charge in [0.1, 0.15) is 23.3 Å². The third-order valence-corrected chi connectivity index (χ3v) is 7.62. The van der Waals surface area contributed by atoms with Crippen molar-refractivity contribution in [2.75, 3.05) is 16.6 Å². The molecule has 0 aromatic heterocycles. The molecule has 190 valence electrons. The van der Waals surface area contributed by atoms with E-state index in [1.807, 2.05) is 43.5 Å². The van der Waals surface area contributed by atoms with Gasteiger partial charge in [0.25, 0.3) is 5.91 Å². The average Bonchev–Trinajstić information content (AvgIpc) is 3.44. The van der Waals surface area contributed by atoms with Gasteiger partial charge in [0.05, 0.1) is 24.2 Å². The third-order valence-electron chi connectivity index (χ3n) is 7.62. The summed E-state index contributed by atoms with van der Waals surface area (Å²) in [6.07, 6.45) is 5.13. The maximum atomic E-state index is 14.0. The molecule has 4 unspecified atom stereocenters. The van der Waals surface area contributed by atoms with Crippen LogP contribution < -0.4 is 14.7 Å². The van der Waals surface area contributed by atoms with Gasteiger partial charge < -0.3 is 9.47 Å². The number of imide groups is 1. The summed E-state index contributed by atoms with van der Waals surface area (Å²) in [6.45, 7) is 6.86. The molecule has 3 heterocycles. The Kier molecular flexibility index (Phi) is 6.75. The van der Waals surface area contributed by atoms with Crippen LogP contribution in [0.1, 0.15) is 52.9 Å². The van der Waals surface area contributed by atoms with E-state index in [-0.39, 0.29) is 11.8 Å². The summed E-state index contributed by atoms with van der Waals surface area (Å²) in [5.74, 6) is -0.562. The number of benzene rings is 2. The molecule has 0 aliphatic carbocycles. The van der Waals surface area contributed by atoms with Crippen LogP contribution in [0.5, 0.6) is 5.75 Å². The van der Waals surface area contributed by atoms with E-state index in [4.69, 9.17) is 14.3 Å². The number of carbonyl (C=O) groups excluding carboxylic acids is 2. The Bertz CT molecular complexity index is 1130. The molecular formula is C29H34N2O5. The number of hydrogen-bond donors (Lipinski definition) is 0. The first-order valence-electron chi connectivity index (χ1n) is 13.0.